The average Bonchev–Trinajstić information content (AvgIpc) is 2.70. The molecule has 0 bridgehead atoms. The lowest BCUT2D eigenvalue weighted by Gasteiger charge is -2.37. The van der Waals surface area contributed by atoms with Gasteiger partial charge < -0.3 is 15.5 Å². The molecule has 1 saturated heterocycles. The number of aryl methyl sites for hydroxylation is 1. The molecule has 148 valence electrons. The maximum atomic E-state index is 12.8. The molecule has 1 heterocycles. The summed E-state index contributed by atoms with van der Waals surface area (Å²) in [5.41, 5.74) is 8.07. The largest absolute Gasteiger partial charge is 0.399 e. The van der Waals surface area contributed by atoms with Gasteiger partial charge in [-0.05, 0) is 37.5 Å². The van der Waals surface area contributed by atoms with E-state index in [4.69, 9.17) is 5.73 Å². The Hall–Kier alpha value is -2.08. The van der Waals surface area contributed by atoms with Crippen molar-refractivity contribution in [2.75, 3.05) is 45.5 Å². The minimum absolute atomic E-state index is 0.0325. The van der Waals surface area contributed by atoms with Crippen molar-refractivity contribution in [1.29, 1.82) is 0 Å². The van der Waals surface area contributed by atoms with Crippen LogP contribution in [0.5, 0.6) is 0 Å². The molecule has 1 aliphatic heterocycles. The van der Waals surface area contributed by atoms with Crippen LogP contribution in [0.4, 0.5) is 5.69 Å². The number of nitrogens with two attached hydrogens (primary N) is 1. The summed E-state index contributed by atoms with van der Waals surface area (Å²) in [6.45, 7) is 5.14. The van der Waals surface area contributed by atoms with E-state index in [1.54, 1.807) is 6.07 Å². The number of amides is 2. The van der Waals surface area contributed by atoms with E-state index < -0.39 is 0 Å². The molecule has 2 amide bonds. The first-order valence-corrected chi connectivity index (χ1v) is 10.1. The second-order valence-corrected chi connectivity index (χ2v) is 7.94. The van der Waals surface area contributed by atoms with Crippen molar-refractivity contribution in [3.8, 4) is 0 Å². The lowest BCUT2D eigenvalue weighted by molar-refractivity contribution is -0.134. The maximum absolute atomic E-state index is 12.8. The Morgan fingerprint density at radius 3 is 2.44 bits per heavy atom. The van der Waals surface area contributed by atoms with Crippen molar-refractivity contribution in [1.82, 2.24) is 14.7 Å². The summed E-state index contributed by atoms with van der Waals surface area (Å²) in [6.07, 6.45) is 6.01. The van der Waals surface area contributed by atoms with Crippen LogP contribution in [0.15, 0.2) is 18.2 Å². The fraction of sp³-hybridized carbons (Fsp3) is 0.619. The zero-order valence-corrected chi connectivity index (χ0v) is 16.6. The molecule has 0 radical (unpaired) electrons. The first-order chi connectivity index (χ1) is 13.0. The van der Waals surface area contributed by atoms with E-state index in [1.807, 2.05) is 35.9 Å². The number of carbonyl (C=O) groups excluding carboxylic acids is 2. The third-order valence-corrected chi connectivity index (χ3v) is 6.03. The molecule has 2 aliphatic rings. The SMILES string of the molecule is Cc1ccc(N)cc1C(=O)N1CCN(CC(=O)N(C)C2CCCCC2)CC1. The van der Waals surface area contributed by atoms with E-state index in [-0.39, 0.29) is 11.8 Å². The third-order valence-electron chi connectivity index (χ3n) is 6.03. The maximum Gasteiger partial charge on any atom is 0.254 e. The molecule has 1 aliphatic carbocycles. The monoisotopic (exact) mass is 372 g/mol. The predicted molar refractivity (Wildman–Crippen MR) is 108 cm³/mol. The fourth-order valence-electron chi connectivity index (χ4n) is 4.12. The van der Waals surface area contributed by atoms with Gasteiger partial charge in [0.2, 0.25) is 5.91 Å². The Morgan fingerprint density at radius 2 is 1.78 bits per heavy atom. The minimum atomic E-state index is 0.0325. The zero-order valence-electron chi connectivity index (χ0n) is 16.6. The number of likely N-dealkylation sites (N-methyl/N-ethyl adjacent to an activating group) is 1. The van der Waals surface area contributed by atoms with E-state index in [0.717, 1.165) is 31.5 Å². The van der Waals surface area contributed by atoms with Crippen LogP contribution >= 0.6 is 0 Å². The van der Waals surface area contributed by atoms with Crippen molar-refractivity contribution >= 4 is 17.5 Å². The van der Waals surface area contributed by atoms with Crippen LogP contribution in [0.1, 0.15) is 48.0 Å². The second-order valence-electron chi connectivity index (χ2n) is 7.94. The summed E-state index contributed by atoms with van der Waals surface area (Å²) in [5, 5.41) is 0. The molecule has 1 aromatic rings. The molecular weight excluding hydrogens is 340 g/mol. The standard InChI is InChI=1S/C21H32N4O2/c1-16-8-9-17(22)14-19(16)21(27)25-12-10-24(11-13-25)15-20(26)23(2)18-6-4-3-5-7-18/h8-9,14,18H,3-7,10-13,15,22H2,1-2H3. The molecular formula is C21H32N4O2. The van der Waals surface area contributed by atoms with E-state index in [0.29, 0.717) is 36.9 Å². The van der Waals surface area contributed by atoms with Gasteiger partial charge in [-0.25, -0.2) is 0 Å². The first-order valence-electron chi connectivity index (χ1n) is 10.1. The molecule has 6 heteroatoms. The Morgan fingerprint density at radius 1 is 1.11 bits per heavy atom. The number of nitrogens with zero attached hydrogens (tertiary/aromatic N) is 3. The van der Waals surface area contributed by atoms with Gasteiger partial charge in [-0.2, -0.15) is 0 Å². The molecule has 1 aromatic carbocycles. The van der Waals surface area contributed by atoms with Crippen LogP contribution in [-0.4, -0.2) is 72.3 Å². The van der Waals surface area contributed by atoms with Crippen LogP contribution in [0, 0.1) is 6.92 Å². The molecule has 0 atom stereocenters. The number of nitrogen functional groups attached to an aromatic ring is 1. The van der Waals surface area contributed by atoms with Gasteiger partial charge in [-0.3, -0.25) is 14.5 Å². The van der Waals surface area contributed by atoms with Crippen LogP contribution in [-0.2, 0) is 4.79 Å². The summed E-state index contributed by atoms with van der Waals surface area (Å²) in [6, 6.07) is 5.87. The average molecular weight is 373 g/mol. The lowest BCUT2D eigenvalue weighted by Crippen LogP contribution is -2.52. The van der Waals surface area contributed by atoms with Crippen LogP contribution in [0.2, 0.25) is 0 Å². The number of hydrogen-bond donors (Lipinski definition) is 1. The highest BCUT2D eigenvalue weighted by Gasteiger charge is 2.27. The van der Waals surface area contributed by atoms with Crippen LogP contribution in [0.25, 0.3) is 0 Å². The van der Waals surface area contributed by atoms with Gasteiger partial charge in [-0.1, -0.05) is 25.3 Å². The first kappa shape index (κ1) is 19.7. The van der Waals surface area contributed by atoms with E-state index in [1.165, 1.54) is 19.3 Å². The highest BCUT2D eigenvalue weighted by molar-refractivity contribution is 5.96. The highest BCUT2D eigenvalue weighted by atomic mass is 16.2. The molecule has 0 aromatic heterocycles. The van der Waals surface area contributed by atoms with Crippen molar-refractivity contribution in [3.05, 3.63) is 29.3 Å². The Bertz CT molecular complexity index is 677. The van der Waals surface area contributed by atoms with Gasteiger partial charge in [0.05, 0.1) is 6.54 Å². The highest BCUT2D eigenvalue weighted by Crippen LogP contribution is 2.22. The second kappa shape index (κ2) is 8.74. The van der Waals surface area contributed by atoms with Gasteiger partial charge >= 0.3 is 0 Å². The van der Waals surface area contributed by atoms with Crippen molar-refractivity contribution in [2.24, 2.45) is 0 Å². The molecule has 2 fully saturated rings. The number of anilines is 1. The summed E-state index contributed by atoms with van der Waals surface area (Å²) >= 11 is 0. The predicted octanol–water partition coefficient (Wildman–Crippen LogP) is 2.13. The Labute approximate surface area is 162 Å². The normalized spacial score (nSPS) is 19.1. The molecule has 0 spiro atoms. The van der Waals surface area contributed by atoms with Gasteiger partial charge in [0, 0.05) is 50.5 Å². The summed E-state index contributed by atoms with van der Waals surface area (Å²) in [5.74, 6) is 0.235. The zero-order chi connectivity index (χ0) is 19.4. The lowest BCUT2D eigenvalue weighted by atomic mass is 9.94. The summed E-state index contributed by atoms with van der Waals surface area (Å²) in [7, 11) is 1.95. The fourth-order valence-corrected chi connectivity index (χ4v) is 4.12. The number of hydrogen-bond acceptors (Lipinski definition) is 4. The quantitative estimate of drug-likeness (QED) is 0.822. The van der Waals surface area contributed by atoms with Crippen molar-refractivity contribution < 1.29 is 9.59 Å². The topological polar surface area (TPSA) is 69.9 Å². The van der Waals surface area contributed by atoms with Crippen LogP contribution in [0.3, 0.4) is 0 Å². The van der Waals surface area contributed by atoms with Gasteiger partial charge in [0.25, 0.3) is 5.91 Å². The number of piperazine rings is 1. The van der Waals surface area contributed by atoms with E-state index in [9.17, 15) is 9.59 Å². The van der Waals surface area contributed by atoms with Gasteiger partial charge in [0.15, 0.2) is 0 Å². The Kier molecular flexibility index (Phi) is 6.37. The third kappa shape index (κ3) is 4.80. The van der Waals surface area contributed by atoms with E-state index in [2.05, 4.69) is 4.90 Å². The van der Waals surface area contributed by atoms with Gasteiger partial charge in [-0.15, -0.1) is 0 Å². The minimum Gasteiger partial charge on any atom is -0.399 e. The smallest absolute Gasteiger partial charge is 0.254 e. The van der Waals surface area contributed by atoms with Crippen LogP contribution < -0.4 is 5.73 Å². The van der Waals surface area contributed by atoms with Gasteiger partial charge in [0.1, 0.15) is 0 Å². The van der Waals surface area contributed by atoms with Crippen molar-refractivity contribution in [3.63, 3.8) is 0 Å². The number of benzene rings is 1. The molecule has 3 rings (SSSR count). The number of rotatable bonds is 4. The van der Waals surface area contributed by atoms with E-state index >= 15 is 0 Å². The number of carbonyl (C=O) groups is 2. The summed E-state index contributed by atoms with van der Waals surface area (Å²) < 4.78 is 0. The molecule has 27 heavy (non-hydrogen) atoms. The Balaban J connectivity index is 1.50. The molecule has 0 unspecified atom stereocenters. The van der Waals surface area contributed by atoms with Crippen molar-refractivity contribution in [2.45, 2.75) is 45.1 Å². The molecule has 6 nitrogen and oxygen atoms in total. The molecule has 2 N–H and O–H groups in total. The summed E-state index contributed by atoms with van der Waals surface area (Å²) in [4.78, 5) is 31.4. The molecule has 1 saturated carbocycles.